The minimum absolute atomic E-state index is 0.0416. The Morgan fingerprint density at radius 3 is 2.61 bits per heavy atom. The Morgan fingerprint density at radius 2 is 2.06 bits per heavy atom. The van der Waals surface area contributed by atoms with Crippen LogP contribution >= 0.6 is 11.6 Å². The lowest BCUT2D eigenvalue weighted by Gasteiger charge is -2.17. The maximum Gasteiger partial charge on any atom is 0.237 e. The van der Waals surface area contributed by atoms with Crippen LogP contribution in [0.2, 0.25) is 5.02 Å². The van der Waals surface area contributed by atoms with Gasteiger partial charge in [-0.2, -0.15) is 0 Å². The minimum Gasteiger partial charge on any atom is -0.348 e. The van der Waals surface area contributed by atoms with E-state index in [0.29, 0.717) is 10.9 Å². The summed E-state index contributed by atoms with van der Waals surface area (Å²) in [7, 11) is 0. The van der Waals surface area contributed by atoms with E-state index in [1.807, 2.05) is 31.2 Å². The average molecular weight is 267 g/mol. The fourth-order valence-corrected chi connectivity index (χ4v) is 2.10. The minimum atomic E-state index is -0.382. The molecule has 0 aromatic heterocycles. The molecule has 0 heterocycles. The molecule has 18 heavy (non-hydrogen) atoms. The molecule has 2 atom stereocenters. The molecule has 0 aliphatic heterocycles. The number of carbonyl (C=O) groups is 1. The zero-order valence-corrected chi connectivity index (χ0v) is 11.3. The molecule has 1 fully saturated rings. The number of rotatable bonds is 5. The third-order valence-corrected chi connectivity index (χ3v) is 3.60. The van der Waals surface area contributed by atoms with E-state index in [1.54, 1.807) is 0 Å². The van der Waals surface area contributed by atoms with Crippen LogP contribution in [0.5, 0.6) is 0 Å². The Kier molecular flexibility index (Phi) is 4.25. The number of benzene rings is 1. The summed E-state index contributed by atoms with van der Waals surface area (Å²) in [5.41, 5.74) is 6.91. The molecular weight excluding hydrogens is 248 g/mol. The zero-order valence-electron chi connectivity index (χ0n) is 10.5. The van der Waals surface area contributed by atoms with Crippen molar-refractivity contribution in [2.45, 2.75) is 38.3 Å². The highest BCUT2D eigenvalue weighted by Gasteiger charge is 2.27. The normalized spacial score (nSPS) is 18.2. The zero-order chi connectivity index (χ0) is 13.1. The molecule has 1 aliphatic carbocycles. The van der Waals surface area contributed by atoms with Crippen LogP contribution in [0, 0.1) is 5.92 Å². The predicted molar refractivity (Wildman–Crippen MR) is 73.3 cm³/mol. The van der Waals surface area contributed by atoms with Gasteiger partial charge in [0.1, 0.15) is 0 Å². The van der Waals surface area contributed by atoms with Gasteiger partial charge in [0.2, 0.25) is 5.91 Å². The lowest BCUT2D eigenvalue weighted by molar-refractivity contribution is -0.123. The second-order valence-electron chi connectivity index (χ2n) is 5.07. The van der Waals surface area contributed by atoms with E-state index in [4.69, 9.17) is 17.3 Å². The van der Waals surface area contributed by atoms with Crippen LogP contribution in [-0.4, -0.2) is 11.9 Å². The van der Waals surface area contributed by atoms with E-state index in [1.165, 1.54) is 12.8 Å². The molecule has 4 heteroatoms. The topological polar surface area (TPSA) is 55.1 Å². The number of nitrogens with one attached hydrogen (secondary N) is 1. The van der Waals surface area contributed by atoms with Crippen LogP contribution < -0.4 is 11.1 Å². The van der Waals surface area contributed by atoms with Crippen molar-refractivity contribution >= 4 is 17.5 Å². The quantitative estimate of drug-likeness (QED) is 0.861. The molecule has 0 saturated heterocycles. The predicted octanol–water partition coefficient (Wildman–Crippen LogP) is 2.64. The summed E-state index contributed by atoms with van der Waals surface area (Å²) in [6.07, 6.45) is 3.24. The highest BCUT2D eigenvalue weighted by molar-refractivity contribution is 6.30. The van der Waals surface area contributed by atoms with Crippen LogP contribution in [0.15, 0.2) is 24.3 Å². The summed E-state index contributed by atoms with van der Waals surface area (Å²) in [6, 6.07) is 7.06. The second kappa shape index (κ2) is 5.72. The van der Waals surface area contributed by atoms with Gasteiger partial charge in [-0.25, -0.2) is 0 Å². The van der Waals surface area contributed by atoms with Gasteiger partial charge in [-0.1, -0.05) is 36.6 Å². The lowest BCUT2D eigenvalue weighted by atomic mass is 10.1. The average Bonchev–Trinajstić information content (AvgIpc) is 3.13. The van der Waals surface area contributed by atoms with Crippen LogP contribution in [-0.2, 0) is 4.79 Å². The van der Waals surface area contributed by atoms with Crippen molar-refractivity contribution in [2.24, 2.45) is 11.7 Å². The molecule has 1 aliphatic rings. The van der Waals surface area contributed by atoms with Crippen molar-refractivity contribution in [2.75, 3.05) is 0 Å². The first-order valence-corrected chi connectivity index (χ1v) is 6.75. The number of nitrogens with two attached hydrogens (primary N) is 1. The van der Waals surface area contributed by atoms with Crippen molar-refractivity contribution in [3.05, 3.63) is 34.9 Å². The van der Waals surface area contributed by atoms with Crippen LogP contribution in [0.3, 0.4) is 0 Å². The Balaban J connectivity index is 1.87. The third-order valence-electron chi connectivity index (χ3n) is 3.35. The number of carbonyl (C=O) groups excluding carboxylic acids is 1. The molecule has 1 aromatic carbocycles. The van der Waals surface area contributed by atoms with Gasteiger partial charge in [0.25, 0.3) is 0 Å². The molecule has 3 N–H and O–H groups in total. The molecule has 98 valence electrons. The van der Waals surface area contributed by atoms with E-state index < -0.39 is 0 Å². The van der Waals surface area contributed by atoms with Gasteiger partial charge in [0.05, 0.1) is 12.1 Å². The van der Waals surface area contributed by atoms with Gasteiger partial charge >= 0.3 is 0 Å². The van der Waals surface area contributed by atoms with Gasteiger partial charge in [-0.15, -0.1) is 0 Å². The monoisotopic (exact) mass is 266 g/mol. The smallest absolute Gasteiger partial charge is 0.237 e. The fraction of sp³-hybridized carbons (Fsp3) is 0.500. The van der Waals surface area contributed by atoms with E-state index in [0.717, 1.165) is 12.0 Å². The highest BCUT2D eigenvalue weighted by Crippen LogP contribution is 2.33. The molecular formula is C14H19ClN2O. The molecule has 1 saturated carbocycles. The Labute approximate surface area is 113 Å². The first kappa shape index (κ1) is 13.4. The highest BCUT2D eigenvalue weighted by atomic mass is 35.5. The van der Waals surface area contributed by atoms with Crippen molar-refractivity contribution in [3.8, 4) is 0 Å². The number of hydrogen-bond acceptors (Lipinski definition) is 2. The van der Waals surface area contributed by atoms with Gasteiger partial charge in [0, 0.05) is 5.02 Å². The molecule has 0 bridgehead atoms. The van der Waals surface area contributed by atoms with E-state index in [-0.39, 0.29) is 18.0 Å². The standard InChI is InChI=1S/C14H19ClN2O/c1-9(11-4-6-12(15)7-5-11)17-14(18)13(16)8-10-2-3-10/h4-7,9-10,13H,2-3,8,16H2,1H3,(H,17,18)/t9-,13+/m1/s1. The maximum absolute atomic E-state index is 11.9. The molecule has 3 nitrogen and oxygen atoms in total. The van der Waals surface area contributed by atoms with Crippen molar-refractivity contribution in [1.82, 2.24) is 5.32 Å². The Morgan fingerprint density at radius 1 is 1.44 bits per heavy atom. The van der Waals surface area contributed by atoms with Crippen molar-refractivity contribution in [3.63, 3.8) is 0 Å². The molecule has 0 unspecified atom stereocenters. The van der Waals surface area contributed by atoms with Gasteiger partial charge in [0.15, 0.2) is 0 Å². The van der Waals surface area contributed by atoms with Crippen molar-refractivity contribution in [1.29, 1.82) is 0 Å². The molecule has 2 rings (SSSR count). The molecule has 0 radical (unpaired) electrons. The Hall–Kier alpha value is -1.06. The van der Waals surface area contributed by atoms with Crippen LogP contribution in [0.25, 0.3) is 0 Å². The van der Waals surface area contributed by atoms with Crippen LogP contribution in [0.4, 0.5) is 0 Å². The van der Waals surface area contributed by atoms with E-state index >= 15 is 0 Å². The van der Waals surface area contributed by atoms with Gasteiger partial charge < -0.3 is 11.1 Å². The number of amides is 1. The SMILES string of the molecule is C[C@@H](NC(=O)[C@@H](N)CC1CC1)c1ccc(Cl)cc1. The fourth-order valence-electron chi connectivity index (χ4n) is 1.97. The maximum atomic E-state index is 11.9. The number of halogens is 1. The second-order valence-corrected chi connectivity index (χ2v) is 5.50. The van der Waals surface area contributed by atoms with Crippen LogP contribution in [0.1, 0.15) is 37.8 Å². The summed E-state index contributed by atoms with van der Waals surface area (Å²) >= 11 is 5.83. The first-order chi connectivity index (χ1) is 8.56. The van der Waals surface area contributed by atoms with E-state index in [2.05, 4.69) is 5.32 Å². The molecule has 1 aromatic rings. The molecule has 0 spiro atoms. The van der Waals surface area contributed by atoms with Gasteiger partial charge in [-0.05, 0) is 37.0 Å². The number of hydrogen-bond donors (Lipinski definition) is 2. The van der Waals surface area contributed by atoms with E-state index in [9.17, 15) is 4.79 Å². The third kappa shape index (κ3) is 3.72. The summed E-state index contributed by atoms with van der Waals surface area (Å²) in [4.78, 5) is 11.9. The molecule has 1 amide bonds. The summed E-state index contributed by atoms with van der Waals surface area (Å²) in [5, 5.41) is 3.64. The van der Waals surface area contributed by atoms with Crippen molar-refractivity contribution < 1.29 is 4.79 Å². The largest absolute Gasteiger partial charge is 0.348 e. The van der Waals surface area contributed by atoms with Gasteiger partial charge in [-0.3, -0.25) is 4.79 Å². The summed E-state index contributed by atoms with van der Waals surface area (Å²) < 4.78 is 0. The summed E-state index contributed by atoms with van der Waals surface area (Å²) in [5.74, 6) is 0.598. The first-order valence-electron chi connectivity index (χ1n) is 6.37. The lowest BCUT2D eigenvalue weighted by Crippen LogP contribution is -2.41. The summed E-state index contributed by atoms with van der Waals surface area (Å²) in [6.45, 7) is 1.95. The Bertz CT molecular complexity index is 414.